The number of aryl methyl sites for hydroxylation is 1. The number of hydrogen-bond acceptors (Lipinski definition) is 1. The highest BCUT2D eigenvalue weighted by Gasteiger charge is 2.43. The molecular formula is C32H32O. The van der Waals surface area contributed by atoms with Gasteiger partial charge in [0.1, 0.15) is 5.75 Å². The van der Waals surface area contributed by atoms with E-state index in [-0.39, 0.29) is 5.41 Å². The third-order valence-corrected chi connectivity index (χ3v) is 8.23. The van der Waals surface area contributed by atoms with Crippen molar-refractivity contribution in [2.24, 2.45) is 0 Å². The first-order valence-electron chi connectivity index (χ1n) is 12.7. The van der Waals surface area contributed by atoms with E-state index < -0.39 is 0 Å². The minimum absolute atomic E-state index is 0.0357. The quantitative estimate of drug-likeness (QED) is 0.318. The summed E-state index contributed by atoms with van der Waals surface area (Å²) >= 11 is 0. The van der Waals surface area contributed by atoms with Crippen LogP contribution in [0.1, 0.15) is 68.1 Å². The topological polar surface area (TPSA) is 20.2 Å². The summed E-state index contributed by atoms with van der Waals surface area (Å²) in [6, 6.07) is 26.2. The van der Waals surface area contributed by atoms with Crippen molar-refractivity contribution in [3.8, 4) is 28.0 Å². The molecule has 2 aliphatic carbocycles. The van der Waals surface area contributed by atoms with E-state index in [1.165, 1.54) is 95.7 Å². The molecule has 6 rings (SSSR count). The second-order valence-corrected chi connectivity index (χ2v) is 10.1. The molecule has 2 aliphatic rings. The second kappa shape index (κ2) is 8.06. The molecular weight excluding hydrogens is 400 g/mol. The van der Waals surface area contributed by atoms with E-state index in [1.807, 2.05) is 0 Å². The standard InChI is InChI=1S/C32H32O/c1-22-19-27-26(20-25(22)23-13-7-6-8-14-23)30(33)21-29-31(27)24-15-9-10-16-28(24)32(29)17-11-4-2-3-5-12-18-32/h6-10,13-16,19-21,33H,2-5,11-12,17-18H2,1H3. The summed E-state index contributed by atoms with van der Waals surface area (Å²) in [6.45, 7) is 2.20. The van der Waals surface area contributed by atoms with Crippen LogP contribution in [0.2, 0.25) is 0 Å². The summed E-state index contributed by atoms with van der Waals surface area (Å²) < 4.78 is 0. The average Bonchev–Trinajstić information content (AvgIpc) is 3.17. The predicted octanol–water partition coefficient (Wildman–Crippen LogP) is 8.92. The van der Waals surface area contributed by atoms with E-state index in [1.54, 1.807) is 0 Å². The molecule has 1 nitrogen and oxygen atoms in total. The molecule has 0 saturated heterocycles. The van der Waals surface area contributed by atoms with Crippen molar-refractivity contribution in [2.45, 2.75) is 63.7 Å². The SMILES string of the molecule is Cc1cc2c3c(cc(O)c2cc1-c1ccccc1)C1(CCCCCCCC1)c1ccccc1-3. The van der Waals surface area contributed by atoms with Gasteiger partial charge in [-0.25, -0.2) is 0 Å². The molecule has 1 N–H and O–H groups in total. The number of fused-ring (bicyclic) bond motifs is 7. The Morgan fingerprint density at radius 2 is 1.30 bits per heavy atom. The molecule has 0 bridgehead atoms. The van der Waals surface area contributed by atoms with Crippen molar-refractivity contribution in [3.05, 3.63) is 89.5 Å². The fourth-order valence-electron chi connectivity index (χ4n) is 6.64. The van der Waals surface area contributed by atoms with Gasteiger partial charge in [0.25, 0.3) is 0 Å². The average molecular weight is 433 g/mol. The van der Waals surface area contributed by atoms with Crippen LogP contribution in [-0.2, 0) is 5.41 Å². The summed E-state index contributed by atoms with van der Waals surface area (Å²) in [5.41, 5.74) is 9.28. The Morgan fingerprint density at radius 1 is 0.636 bits per heavy atom. The normalized spacial score (nSPS) is 17.2. The first kappa shape index (κ1) is 20.5. The molecule has 0 heterocycles. The highest BCUT2D eigenvalue weighted by Crippen LogP contribution is 2.57. The van der Waals surface area contributed by atoms with Crippen molar-refractivity contribution in [3.63, 3.8) is 0 Å². The van der Waals surface area contributed by atoms with Gasteiger partial charge in [-0.15, -0.1) is 0 Å². The van der Waals surface area contributed by atoms with E-state index in [9.17, 15) is 5.11 Å². The van der Waals surface area contributed by atoms with Crippen LogP contribution in [0.3, 0.4) is 0 Å². The van der Waals surface area contributed by atoms with E-state index in [2.05, 4.69) is 79.7 Å². The van der Waals surface area contributed by atoms with Gasteiger partial charge in [0.2, 0.25) is 0 Å². The number of phenolic OH excluding ortho intramolecular Hbond substituents is 1. The summed E-state index contributed by atoms with van der Waals surface area (Å²) in [5, 5.41) is 13.5. The van der Waals surface area contributed by atoms with Crippen molar-refractivity contribution >= 4 is 10.8 Å². The van der Waals surface area contributed by atoms with Crippen LogP contribution in [0, 0.1) is 6.92 Å². The molecule has 0 aromatic heterocycles. The molecule has 1 spiro atoms. The molecule has 4 aromatic rings. The van der Waals surface area contributed by atoms with Gasteiger partial charge in [0, 0.05) is 10.8 Å². The van der Waals surface area contributed by atoms with Crippen LogP contribution in [-0.4, -0.2) is 5.11 Å². The maximum absolute atomic E-state index is 11.4. The number of rotatable bonds is 1. The number of hydrogen-bond donors (Lipinski definition) is 1. The Kier molecular flexibility index (Phi) is 5.02. The number of phenols is 1. The Bertz CT molecular complexity index is 1320. The Morgan fingerprint density at radius 3 is 2.06 bits per heavy atom. The summed E-state index contributed by atoms with van der Waals surface area (Å²) in [7, 11) is 0. The third kappa shape index (κ3) is 3.21. The largest absolute Gasteiger partial charge is 0.507 e. The zero-order chi connectivity index (χ0) is 22.4. The fourth-order valence-corrected chi connectivity index (χ4v) is 6.64. The van der Waals surface area contributed by atoms with Gasteiger partial charge in [-0.2, -0.15) is 0 Å². The van der Waals surface area contributed by atoms with Crippen LogP contribution >= 0.6 is 0 Å². The number of aromatic hydroxyl groups is 1. The second-order valence-electron chi connectivity index (χ2n) is 10.1. The van der Waals surface area contributed by atoms with Crippen LogP contribution < -0.4 is 0 Å². The summed E-state index contributed by atoms with van der Waals surface area (Å²) in [4.78, 5) is 0. The van der Waals surface area contributed by atoms with Gasteiger partial charge in [-0.05, 0) is 76.2 Å². The minimum Gasteiger partial charge on any atom is -0.507 e. The van der Waals surface area contributed by atoms with Gasteiger partial charge in [-0.3, -0.25) is 0 Å². The van der Waals surface area contributed by atoms with Crippen molar-refractivity contribution in [1.29, 1.82) is 0 Å². The highest BCUT2D eigenvalue weighted by atomic mass is 16.3. The van der Waals surface area contributed by atoms with Crippen LogP contribution in [0.4, 0.5) is 0 Å². The Balaban J connectivity index is 1.63. The molecule has 0 aliphatic heterocycles. The lowest BCUT2D eigenvalue weighted by Crippen LogP contribution is -2.25. The molecule has 0 amide bonds. The molecule has 1 saturated carbocycles. The number of benzene rings is 4. The molecule has 0 unspecified atom stereocenters. The molecule has 1 fully saturated rings. The van der Waals surface area contributed by atoms with Crippen molar-refractivity contribution in [1.82, 2.24) is 0 Å². The van der Waals surface area contributed by atoms with E-state index in [0.717, 1.165) is 5.39 Å². The first-order chi connectivity index (χ1) is 16.2. The third-order valence-electron chi connectivity index (χ3n) is 8.23. The van der Waals surface area contributed by atoms with E-state index in [4.69, 9.17) is 0 Å². The smallest absolute Gasteiger partial charge is 0.123 e. The highest BCUT2D eigenvalue weighted by molar-refractivity contribution is 6.07. The summed E-state index contributed by atoms with van der Waals surface area (Å²) in [5.74, 6) is 0.424. The molecule has 166 valence electrons. The molecule has 0 atom stereocenters. The maximum Gasteiger partial charge on any atom is 0.123 e. The van der Waals surface area contributed by atoms with Crippen molar-refractivity contribution < 1.29 is 5.11 Å². The summed E-state index contributed by atoms with van der Waals surface area (Å²) in [6.07, 6.45) is 10.2. The van der Waals surface area contributed by atoms with Gasteiger partial charge in [0.15, 0.2) is 0 Å². The van der Waals surface area contributed by atoms with E-state index >= 15 is 0 Å². The first-order valence-corrected chi connectivity index (χ1v) is 12.7. The van der Waals surface area contributed by atoms with Gasteiger partial charge >= 0.3 is 0 Å². The van der Waals surface area contributed by atoms with Gasteiger partial charge in [-0.1, -0.05) is 99.2 Å². The Labute approximate surface area is 197 Å². The van der Waals surface area contributed by atoms with Gasteiger partial charge < -0.3 is 5.11 Å². The molecule has 4 aromatic carbocycles. The molecule has 1 heteroatoms. The zero-order valence-corrected chi connectivity index (χ0v) is 19.5. The maximum atomic E-state index is 11.4. The lowest BCUT2D eigenvalue weighted by molar-refractivity contribution is 0.419. The van der Waals surface area contributed by atoms with Crippen molar-refractivity contribution in [2.75, 3.05) is 0 Å². The van der Waals surface area contributed by atoms with E-state index in [0.29, 0.717) is 5.75 Å². The molecule has 33 heavy (non-hydrogen) atoms. The predicted molar refractivity (Wildman–Crippen MR) is 139 cm³/mol. The lowest BCUT2D eigenvalue weighted by atomic mass is 9.71. The van der Waals surface area contributed by atoms with Crippen LogP contribution in [0.5, 0.6) is 5.75 Å². The lowest BCUT2D eigenvalue weighted by Gasteiger charge is -2.32. The monoisotopic (exact) mass is 432 g/mol. The van der Waals surface area contributed by atoms with Crippen LogP contribution in [0.25, 0.3) is 33.0 Å². The molecule has 0 radical (unpaired) electrons. The minimum atomic E-state index is 0.0357. The zero-order valence-electron chi connectivity index (χ0n) is 19.5. The fraction of sp³-hybridized carbons (Fsp3) is 0.312. The Hall–Kier alpha value is -3.06. The van der Waals surface area contributed by atoms with Crippen LogP contribution in [0.15, 0.2) is 72.8 Å². The van der Waals surface area contributed by atoms with Gasteiger partial charge in [0.05, 0.1) is 0 Å².